The third kappa shape index (κ3) is 5.63. The van der Waals surface area contributed by atoms with Gasteiger partial charge in [0.15, 0.2) is 0 Å². The summed E-state index contributed by atoms with van der Waals surface area (Å²) in [6, 6.07) is 17.3. The van der Waals surface area contributed by atoms with Gasteiger partial charge < -0.3 is 25.5 Å². The average Bonchev–Trinajstić information content (AvgIpc) is 3.19. The van der Waals surface area contributed by atoms with Gasteiger partial charge in [0, 0.05) is 29.8 Å². The number of rotatable bonds is 10. The number of hydrogen-bond donors (Lipinski definition) is 3. The SMILES string of the molecule is Nc1ncnc2c1c(-c1ccc(Oc3ccccc3)cc1)cn2CC(=O)NCCSCCO. The first-order chi connectivity index (χ1) is 16.2. The van der Waals surface area contributed by atoms with E-state index < -0.39 is 0 Å². The van der Waals surface area contributed by atoms with Crippen LogP contribution < -0.4 is 15.8 Å². The lowest BCUT2D eigenvalue weighted by molar-refractivity contribution is -0.121. The molecule has 0 aliphatic carbocycles. The first kappa shape index (κ1) is 22.6. The quantitative estimate of drug-likeness (QED) is 0.309. The summed E-state index contributed by atoms with van der Waals surface area (Å²) in [6.07, 6.45) is 3.28. The number of nitrogens with two attached hydrogens (primary N) is 1. The van der Waals surface area contributed by atoms with Crippen LogP contribution >= 0.6 is 11.8 Å². The number of fused-ring (bicyclic) bond motifs is 1. The number of para-hydroxylation sites is 1. The Morgan fingerprint density at radius 2 is 1.82 bits per heavy atom. The number of nitrogens with one attached hydrogen (secondary N) is 1. The Morgan fingerprint density at radius 3 is 2.58 bits per heavy atom. The monoisotopic (exact) mass is 463 g/mol. The number of carbonyl (C=O) groups excluding carboxylic acids is 1. The van der Waals surface area contributed by atoms with E-state index in [-0.39, 0.29) is 19.1 Å². The Morgan fingerprint density at radius 1 is 1.06 bits per heavy atom. The van der Waals surface area contributed by atoms with Gasteiger partial charge in [0.2, 0.25) is 5.91 Å². The third-order valence-corrected chi connectivity index (χ3v) is 5.91. The molecule has 0 unspecified atom stereocenters. The van der Waals surface area contributed by atoms with Crippen LogP contribution in [-0.4, -0.2) is 50.2 Å². The molecular weight excluding hydrogens is 438 g/mol. The van der Waals surface area contributed by atoms with E-state index >= 15 is 0 Å². The summed E-state index contributed by atoms with van der Waals surface area (Å²) >= 11 is 1.59. The number of hydrogen-bond acceptors (Lipinski definition) is 7. The molecule has 170 valence electrons. The van der Waals surface area contributed by atoms with Crippen LogP contribution in [0.25, 0.3) is 22.2 Å². The molecule has 33 heavy (non-hydrogen) atoms. The second kappa shape index (κ2) is 10.8. The van der Waals surface area contributed by atoms with Crippen molar-refractivity contribution in [3.05, 3.63) is 67.1 Å². The smallest absolute Gasteiger partial charge is 0.240 e. The number of ether oxygens (including phenoxy) is 1. The Hall–Kier alpha value is -3.56. The second-order valence-electron chi connectivity index (χ2n) is 7.25. The first-order valence-electron chi connectivity index (χ1n) is 10.5. The molecule has 0 saturated heterocycles. The van der Waals surface area contributed by atoms with Crippen LogP contribution in [0, 0.1) is 0 Å². The zero-order chi connectivity index (χ0) is 23.0. The van der Waals surface area contributed by atoms with Gasteiger partial charge in [-0.2, -0.15) is 11.8 Å². The fourth-order valence-electron chi connectivity index (χ4n) is 3.45. The van der Waals surface area contributed by atoms with Crippen LogP contribution in [0.5, 0.6) is 11.5 Å². The second-order valence-corrected chi connectivity index (χ2v) is 8.48. The van der Waals surface area contributed by atoms with E-state index in [1.54, 1.807) is 16.3 Å². The average molecular weight is 464 g/mol. The number of aromatic nitrogens is 3. The lowest BCUT2D eigenvalue weighted by atomic mass is 10.1. The minimum absolute atomic E-state index is 0.118. The normalized spacial score (nSPS) is 10.9. The van der Waals surface area contributed by atoms with Gasteiger partial charge in [-0.3, -0.25) is 4.79 Å². The summed E-state index contributed by atoms with van der Waals surface area (Å²) in [4.78, 5) is 21.0. The fourth-order valence-corrected chi connectivity index (χ4v) is 4.03. The Kier molecular flexibility index (Phi) is 7.43. The standard InChI is InChI=1S/C24H25N5O3S/c25-23-22-20(17-6-8-19(9-7-17)32-18-4-2-1-3-5-18)14-29(24(22)28-16-27-23)15-21(31)26-10-12-33-13-11-30/h1-9,14,16,30H,10-13,15H2,(H,26,31)(H2,25,27,28). The molecule has 2 aromatic heterocycles. The largest absolute Gasteiger partial charge is 0.457 e. The third-order valence-electron chi connectivity index (χ3n) is 4.95. The van der Waals surface area contributed by atoms with Crippen molar-refractivity contribution in [3.8, 4) is 22.6 Å². The maximum Gasteiger partial charge on any atom is 0.240 e. The van der Waals surface area contributed by atoms with Gasteiger partial charge in [0.25, 0.3) is 0 Å². The number of nitrogens with zero attached hydrogens (tertiary/aromatic N) is 3. The molecular formula is C24H25N5O3S. The van der Waals surface area contributed by atoms with Crippen LogP contribution in [-0.2, 0) is 11.3 Å². The predicted molar refractivity (Wildman–Crippen MR) is 131 cm³/mol. The number of amides is 1. The predicted octanol–water partition coefficient (Wildman–Crippen LogP) is 3.31. The molecule has 9 heteroatoms. The van der Waals surface area contributed by atoms with Gasteiger partial charge in [-0.25, -0.2) is 9.97 Å². The number of carbonyl (C=O) groups is 1. The van der Waals surface area contributed by atoms with Gasteiger partial charge in [0.1, 0.15) is 35.8 Å². The summed E-state index contributed by atoms with van der Waals surface area (Å²) in [5, 5.41) is 12.4. The van der Waals surface area contributed by atoms with Crippen molar-refractivity contribution in [2.24, 2.45) is 0 Å². The molecule has 1 amide bonds. The summed E-state index contributed by atoms with van der Waals surface area (Å²) < 4.78 is 7.66. The Bertz CT molecular complexity index is 1210. The van der Waals surface area contributed by atoms with Crippen LogP contribution in [0.1, 0.15) is 0 Å². The molecule has 0 aliphatic rings. The van der Waals surface area contributed by atoms with E-state index in [0.717, 1.165) is 28.4 Å². The van der Waals surface area contributed by atoms with Crippen LogP contribution in [0.4, 0.5) is 5.82 Å². The first-order valence-corrected chi connectivity index (χ1v) is 11.7. The maximum absolute atomic E-state index is 12.5. The van der Waals surface area contributed by atoms with Crippen molar-refractivity contribution in [2.45, 2.75) is 6.54 Å². The molecule has 0 saturated carbocycles. The molecule has 0 atom stereocenters. The highest BCUT2D eigenvalue weighted by atomic mass is 32.2. The molecule has 0 radical (unpaired) electrons. The van der Waals surface area contributed by atoms with Gasteiger partial charge >= 0.3 is 0 Å². The Labute approximate surface area is 195 Å². The van der Waals surface area contributed by atoms with Crippen molar-refractivity contribution < 1.29 is 14.6 Å². The lowest BCUT2D eigenvalue weighted by Gasteiger charge is -2.07. The molecule has 4 rings (SSSR count). The van der Waals surface area contributed by atoms with E-state index in [1.807, 2.05) is 60.8 Å². The molecule has 8 nitrogen and oxygen atoms in total. The minimum Gasteiger partial charge on any atom is -0.457 e. The van der Waals surface area contributed by atoms with Gasteiger partial charge in [0.05, 0.1) is 12.0 Å². The van der Waals surface area contributed by atoms with Gasteiger partial charge in [-0.05, 0) is 29.8 Å². The molecule has 2 heterocycles. The summed E-state index contributed by atoms with van der Waals surface area (Å²) in [6.45, 7) is 0.791. The molecule has 4 aromatic rings. The fraction of sp³-hybridized carbons (Fsp3) is 0.208. The topological polar surface area (TPSA) is 115 Å². The number of aliphatic hydroxyl groups excluding tert-OH is 1. The molecule has 2 aromatic carbocycles. The zero-order valence-corrected chi connectivity index (χ0v) is 18.8. The highest BCUT2D eigenvalue weighted by molar-refractivity contribution is 7.99. The molecule has 0 bridgehead atoms. The minimum atomic E-state index is -0.119. The van der Waals surface area contributed by atoms with Crippen molar-refractivity contribution in [1.29, 1.82) is 0 Å². The van der Waals surface area contributed by atoms with Gasteiger partial charge in [-0.15, -0.1) is 0 Å². The number of aliphatic hydroxyl groups is 1. The van der Waals surface area contributed by atoms with E-state index in [4.69, 9.17) is 15.6 Å². The number of benzene rings is 2. The molecule has 0 fully saturated rings. The number of nitrogen functional groups attached to an aromatic ring is 1. The summed E-state index contributed by atoms with van der Waals surface area (Å²) in [5.74, 6) is 3.13. The van der Waals surface area contributed by atoms with Crippen molar-refractivity contribution in [1.82, 2.24) is 19.9 Å². The highest BCUT2D eigenvalue weighted by Crippen LogP contribution is 2.34. The van der Waals surface area contributed by atoms with Crippen molar-refractivity contribution >= 4 is 34.5 Å². The van der Waals surface area contributed by atoms with Gasteiger partial charge in [-0.1, -0.05) is 30.3 Å². The van der Waals surface area contributed by atoms with E-state index in [0.29, 0.717) is 29.1 Å². The maximum atomic E-state index is 12.5. The summed E-state index contributed by atoms with van der Waals surface area (Å²) in [7, 11) is 0. The molecule has 0 aliphatic heterocycles. The zero-order valence-electron chi connectivity index (χ0n) is 18.0. The van der Waals surface area contributed by atoms with Crippen LogP contribution in [0.15, 0.2) is 67.1 Å². The van der Waals surface area contributed by atoms with Crippen LogP contribution in [0.2, 0.25) is 0 Å². The number of anilines is 1. The van der Waals surface area contributed by atoms with Crippen molar-refractivity contribution in [2.75, 3.05) is 30.4 Å². The number of thioether (sulfide) groups is 1. The summed E-state index contributed by atoms with van der Waals surface area (Å²) in [5.41, 5.74) is 8.55. The highest BCUT2D eigenvalue weighted by Gasteiger charge is 2.16. The molecule has 0 spiro atoms. The lowest BCUT2D eigenvalue weighted by Crippen LogP contribution is -2.29. The van der Waals surface area contributed by atoms with Crippen molar-refractivity contribution in [3.63, 3.8) is 0 Å². The van der Waals surface area contributed by atoms with Crippen LogP contribution in [0.3, 0.4) is 0 Å². The van der Waals surface area contributed by atoms with E-state index in [2.05, 4.69) is 15.3 Å². The molecule has 4 N–H and O–H groups in total. The Balaban J connectivity index is 1.54. The van der Waals surface area contributed by atoms with E-state index in [9.17, 15) is 4.79 Å². The van der Waals surface area contributed by atoms with E-state index in [1.165, 1.54) is 6.33 Å².